The van der Waals surface area contributed by atoms with Crippen LogP contribution >= 0.6 is 0 Å². The van der Waals surface area contributed by atoms with Gasteiger partial charge in [-0.2, -0.15) is 0 Å². The first-order chi connectivity index (χ1) is 9.85. The van der Waals surface area contributed by atoms with E-state index in [-0.39, 0.29) is 0 Å². The van der Waals surface area contributed by atoms with Gasteiger partial charge in [0, 0.05) is 11.6 Å². The molecule has 0 aliphatic carbocycles. The second-order valence-electron chi connectivity index (χ2n) is 5.51. The van der Waals surface area contributed by atoms with Crippen molar-refractivity contribution in [2.24, 2.45) is 0 Å². The lowest BCUT2D eigenvalue weighted by Gasteiger charge is -2.20. The number of benzene rings is 1. The number of carbonyl (C=O) groups excluding carboxylic acids is 1. The summed E-state index contributed by atoms with van der Waals surface area (Å²) in [6.07, 6.45) is 1.21. The van der Waals surface area contributed by atoms with Crippen LogP contribution in [0.25, 0.3) is 10.9 Å². The van der Waals surface area contributed by atoms with Crippen molar-refractivity contribution in [2.75, 3.05) is 5.32 Å². The smallest absolute Gasteiger partial charge is 0.412 e. The molecule has 2 aromatic rings. The van der Waals surface area contributed by atoms with E-state index >= 15 is 0 Å². The predicted molar refractivity (Wildman–Crippen MR) is 87.7 cm³/mol. The normalized spacial score (nSPS) is 10.6. The molecule has 0 aliphatic rings. The van der Waals surface area contributed by atoms with Gasteiger partial charge in [-0.3, -0.25) is 10.3 Å². The van der Waals surface area contributed by atoms with E-state index in [4.69, 9.17) is 4.74 Å². The number of nitrogens with one attached hydrogen (secondary N) is 1. The standard InChI is InChI=1S/C15H18N2O2.C2H6/c1-10-5-6-12-11(9-10)13(7-8-16-12)17-14(18)19-15(2,3)4;1-2/h5-9H,1-4H3,(H,16,17,18);1-2H3. The van der Waals surface area contributed by atoms with Crippen LogP contribution in [0.15, 0.2) is 30.5 Å². The van der Waals surface area contributed by atoms with Gasteiger partial charge in [-0.05, 0) is 45.9 Å². The van der Waals surface area contributed by atoms with Crippen molar-refractivity contribution in [3.8, 4) is 0 Å². The van der Waals surface area contributed by atoms with E-state index in [1.807, 2.05) is 59.7 Å². The molecule has 1 aromatic carbocycles. The first kappa shape index (κ1) is 17.0. The summed E-state index contributed by atoms with van der Waals surface area (Å²) in [5.41, 5.74) is 2.16. The molecule has 0 bridgehead atoms. The lowest BCUT2D eigenvalue weighted by atomic mass is 10.1. The van der Waals surface area contributed by atoms with Crippen LogP contribution in [0.4, 0.5) is 10.5 Å². The molecule has 1 aromatic heterocycles. The molecular weight excluding hydrogens is 264 g/mol. The Morgan fingerprint density at radius 1 is 1.19 bits per heavy atom. The number of pyridine rings is 1. The molecular formula is C17H24N2O2. The van der Waals surface area contributed by atoms with Crippen molar-refractivity contribution < 1.29 is 9.53 Å². The van der Waals surface area contributed by atoms with E-state index in [1.54, 1.807) is 12.3 Å². The Morgan fingerprint density at radius 3 is 2.48 bits per heavy atom. The number of anilines is 1. The zero-order chi connectivity index (χ0) is 16.0. The monoisotopic (exact) mass is 288 g/mol. The van der Waals surface area contributed by atoms with Crippen LogP contribution in [0.3, 0.4) is 0 Å². The van der Waals surface area contributed by atoms with E-state index in [0.29, 0.717) is 5.69 Å². The van der Waals surface area contributed by atoms with Crippen LogP contribution in [-0.4, -0.2) is 16.7 Å². The van der Waals surface area contributed by atoms with Crippen molar-refractivity contribution in [2.45, 2.75) is 47.1 Å². The van der Waals surface area contributed by atoms with Gasteiger partial charge in [0.15, 0.2) is 0 Å². The molecule has 2 rings (SSSR count). The van der Waals surface area contributed by atoms with E-state index < -0.39 is 11.7 Å². The van der Waals surface area contributed by atoms with Gasteiger partial charge in [0.2, 0.25) is 0 Å². The highest BCUT2D eigenvalue weighted by Crippen LogP contribution is 2.23. The molecule has 1 heterocycles. The van der Waals surface area contributed by atoms with E-state index in [1.165, 1.54) is 0 Å². The van der Waals surface area contributed by atoms with Gasteiger partial charge in [-0.25, -0.2) is 4.79 Å². The number of carbonyl (C=O) groups is 1. The average Bonchev–Trinajstić information content (AvgIpc) is 2.39. The molecule has 0 saturated heterocycles. The van der Waals surface area contributed by atoms with Gasteiger partial charge in [-0.1, -0.05) is 25.5 Å². The Kier molecular flexibility index (Phi) is 5.70. The molecule has 0 unspecified atom stereocenters. The molecule has 0 saturated carbocycles. The lowest BCUT2D eigenvalue weighted by Crippen LogP contribution is -2.27. The molecule has 0 atom stereocenters. The van der Waals surface area contributed by atoms with Crippen LogP contribution in [0.2, 0.25) is 0 Å². The summed E-state index contributed by atoms with van der Waals surface area (Å²) in [6, 6.07) is 7.69. The first-order valence-corrected chi connectivity index (χ1v) is 7.20. The third-order valence-corrected chi connectivity index (χ3v) is 2.53. The number of hydrogen-bond acceptors (Lipinski definition) is 3. The zero-order valence-corrected chi connectivity index (χ0v) is 13.7. The average molecular weight is 288 g/mol. The maximum Gasteiger partial charge on any atom is 0.412 e. The largest absolute Gasteiger partial charge is 0.444 e. The van der Waals surface area contributed by atoms with Gasteiger partial charge < -0.3 is 4.74 Å². The number of fused-ring (bicyclic) bond motifs is 1. The second kappa shape index (κ2) is 7.07. The summed E-state index contributed by atoms with van der Waals surface area (Å²) in [6.45, 7) is 11.5. The fraction of sp³-hybridized carbons (Fsp3) is 0.412. The number of rotatable bonds is 1. The number of nitrogens with zero attached hydrogens (tertiary/aromatic N) is 1. The molecule has 0 aliphatic heterocycles. The van der Waals surface area contributed by atoms with Gasteiger partial charge >= 0.3 is 6.09 Å². The number of ether oxygens (including phenoxy) is 1. The molecule has 4 heteroatoms. The summed E-state index contributed by atoms with van der Waals surface area (Å²) >= 11 is 0. The van der Waals surface area contributed by atoms with Crippen molar-refractivity contribution in [1.29, 1.82) is 0 Å². The van der Waals surface area contributed by atoms with Gasteiger partial charge in [0.05, 0.1) is 11.2 Å². The summed E-state index contributed by atoms with van der Waals surface area (Å²) in [7, 11) is 0. The summed E-state index contributed by atoms with van der Waals surface area (Å²) in [5, 5.41) is 3.68. The van der Waals surface area contributed by atoms with Gasteiger partial charge in [-0.15, -0.1) is 0 Å². The number of amides is 1. The fourth-order valence-corrected chi connectivity index (χ4v) is 1.78. The third-order valence-electron chi connectivity index (χ3n) is 2.53. The molecule has 4 nitrogen and oxygen atoms in total. The topological polar surface area (TPSA) is 51.2 Å². The molecule has 0 radical (unpaired) electrons. The van der Waals surface area contributed by atoms with Gasteiger partial charge in [0.1, 0.15) is 5.60 Å². The number of aromatic nitrogens is 1. The third kappa shape index (κ3) is 5.06. The number of hydrogen-bond donors (Lipinski definition) is 1. The van der Waals surface area contributed by atoms with Crippen molar-refractivity contribution in [1.82, 2.24) is 4.98 Å². The van der Waals surface area contributed by atoms with Crippen LogP contribution in [0.1, 0.15) is 40.2 Å². The highest BCUT2D eigenvalue weighted by molar-refractivity contribution is 5.98. The Balaban J connectivity index is 0.00000106. The number of aryl methyl sites for hydroxylation is 1. The lowest BCUT2D eigenvalue weighted by molar-refractivity contribution is 0.0636. The molecule has 0 spiro atoms. The maximum absolute atomic E-state index is 11.8. The molecule has 0 fully saturated rings. The van der Waals surface area contributed by atoms with E-state index in [2.05, 4.69) is 10.3 Å². The minimum Gasteiger partial charge on any atom is -0.444 e. The van der Waals surface area contributed by atoms with Crippen LogP contribution in [0, 0.1) is 6.92 Å². The minimum atomic E-state index is -0.511. The van der Waals surface area contributed by atoms with Crippen molar-refractivity contribution >= 4 is 22.7 Å². The highest BCUT2D eigenvalue weighted by atomic mass is 16.6. The van der Waals surface area contributed by atoms with Gasteiger partial charge in [0.25, 0.3) is 0 Å². The SMILES string of the molecule is CC.Cc1ccc2nccc(NC(=O)OC(C)(C)C)c2c1. The quantitative estimate of drug-likeness (QED) is 0.810. The summed E-state index contributed by atoms with van der Waals surface area (Å²) in [4.78, 5) is 16.1. The Labute approximate surface area is 126 Å². The van der Waals surface area contributed by atoms with Crippen molar-refractivity contribution in [3.63, 3.8) is 0 Å². The van der Waals surface area contributed by atoms with E-state index in [0.717, 1.165) is 16.5 Å². The van der Waals surface area contributed by atoms with Crippen LogP contribution in [0.5, 0.6) is 0 Å². The maximum atomic E-state index is 11.8. The molecule has 1 N–H and O–H groups in total. The molecule has 21 heavy (non-hydrogen) atoms. The second-order valence-corrected chi connectivity index (χ2v) is 5.51. The fourth-order valence-electron chi connectivity index (χ4n) is 1.78. The Morgan fingerprint density at radius 2 is 1.86 bits per heavy atom. The Bertz CT molecular complexity index is 616. The van der Waals surface area contributed by atoms with E-state index in [9.17, 15) is 4.79 Å². The minimum absolute atomic E-state index is 0.457. The summed E-state index contributed by atoms with van der Waals surface area (Å²) in [5.74, 6) is 0. The highest BCUT2D eigenvalue weighted by Gasteiger charge is 2.16. The molecule has 114 valence electrons. The predicted octanol–water partition coefficient (Wildman–Crippen LogP) is 4.92. The summed E-state index contributed by atoms with van der Waals surface area (Å²) < 4.78 is 5.25. The van der Waals surface area contributed by atoms with Crippen molar-refractivity contribution in [3.05, 3.63) is 36.0 Å². The zero-order valence-electron chi connectivity index (χ0n) is 13.7. The van der Waals surface area contributed by atoms with Crippen LogP contribution < -0.4 is 5.32 Å². The van der Waals surface area contributed by atoms with Crippen LogP contribution in [-0.2, 0) is 4.74 Å². The first-order valence-electron chi connectivity index (χ1n) is 7.20. The molecule has 1 amide bonds. The Hall–Kier alpha value is -2.10.